The molecule has 82 valence electrons. The summed E-state index contributed by atoms with van der Waals surface area (Å²) in [4.78, 5) is 12.9. The monoisotopic (exact) mass is 208 g/mol. The topological polar surface area (TPSA) is 93.9 Å². The molecule has 1 unspecified atom stereocenters. The van der Waals surface area contributed by atoms with Crippen LogP contribution in [0.1, 0.15) is 20.3 Å². The van der Waals surface area contributed by atoms with Gasteiger partial charge in [0.05, 0.1) is 18.2 Å². The maximum atomic E-state index is 11.7. The number of rotatable bonds is 5. The van der Waals surface area contributed by atoms with Crippen molar-refractivity contribution in [2.24, 2.45) is 11.7 Å². The molecule has 0 aromatic rings. The van der Waals surface area contributed by atoms with E-state index >= 15 is 0 Å². The van der Waals surface area contributed by atoms with Gasteiger partial charge < -0.3 is 10.6 Å². The van der Waals surface area contributed by atoms with Crippen LogP contribution in [-0.2, 0) is 4.79 Å². The molecule has 15 heavy (non-hydrogen) atoms. The van der Waals surface area contributed by atoms with E-state index in [1.807, 2.05) is 26.0 Å². The van der Waals surface area contributed by atoms with Crippen molar-refractivity contribution in [1.29, 1.82) is 10.5 Å². The highest BCUT2D eigenvalue weighted by atomic mass is 16.2. The van der Waals surface area contributed by atoms with Gasteiger partial charge >= 0.3 is 0 Å². The maximum absolute atomic E-state index is 11.7. The van der Waals surface area contributed by atoms with Gasteiger partial charge in [0.1, 0.15) is 13.1 Å². The van der Waals surface area contributed by atoms with Gasteiger partial charge in [0.2, 0.25) is 5.91 Å². The van der Waals surface area contributed by atoms with E-state index < -0.39 is 6.04 Å². The Kier molecular flexibility index (Phi) is 6.08. The molecule has 5 heteroatoms. The van der Waals surface area contributed by atoms with E-state index in [0.29, 0.717) is 0 Å². The third-order valence-electron chi connectivity index (χ3n) is 2.38. The summed E-state index contributed by atoms with van der Waals surface area (Å²) >= 11 is 0. The number of hydrogen-bond donors (Lipinski definition) is 1. The van der Waals surface area contributed by atoms with Crippen molar-refractivity contribution in [2.75, 3.05) is 13.1 Å². The number of carbonyl (C=O) groups is 1. The third kappa shape index (κ3) is 3.97. The van der Waals surface area contributed by atoms with E-state index in [1.165, 1.54) is 4.90 Å². The first-order valence-electron chi connectivity index (χ1n) is 4.86. The minimum absolute atomic E-state index is 0.0531. The van der Waals surface area contributed by atoms with Gasteiger partial charge in [-0.1, -0.05) is 20.3 Å². The molecule has 0 aromatic heterocycles. The summed E-state index contributed by atoms with van der Waals surface area (Å²) in [6.07, 6.45) is 0.792. The number of nitriles is 2. The first kappa shape index (κ1) is 13.4. The number of carbonyl (C=O) groups excluding carboxylic acids is 1. The summed E-state index contributed by atoms with van der Waals surface area (Å²) in [5, 5.41) is 17.0. The van der Waals surface area contributed by atoms with Crippen molar-refractivity contribution in [3.63, 3.8) is 0 Å². The number of nitrogens with two attached hydrogens (primary N) is 1. The molecular weight excluding hydrogens is 192 g/mol. The third-order valence-corrected chi connectivity index (χ3v) is 2.38. The molecule has 2 atom stereocenters. The molecule has 0 saturated heterocycles. The summed E-state index contributed by atoms with van der Waals surface area (Å²) in [6.45, 7) is 3.64. The standard InChI is InChI=1S/C10H16N4O/c1-3-8(2)9(13)10(15)14(6-4-11)7-5-12/h8-9H,3,6-7,13H2,1-2H3/t8?,9-/m0/s1. The van der Waals surface area contributed by atoms with Crippen LogP contribution in [0.15, 0.2) is 0 Å². The van der Waals surface area contributed by atoms with Gasteiger partial charge in [-0.15, -0.1) is 0 Å². The highest BCUT2D eigenvalue weighted by Gasteiger charge is 2.24. The largest absolute Gasteiger partial charge is 0.320 e. The van der Waals surface area contributed by atoms with Crippen LogP contribution in [0.2, 0.25) is 0 Å². The van der Waals surface area contributed by atoms with Crippen LogP contribution < -0.4 is 5.73 Å². The normalized spacial score (nSPS) is 13.4. The lowest BCUT2D eigenvalue weighted by Crippen LogP contribution is -2.47. The van der Waals surface area contributed by atoms with E-state index in [2.05, 4.69) is 0 Å². The van der Waals surface area contributed by atoms with Crippen LogP contribution in [-0.4, -0.2) is 29.9 Å². The molecule has 0 spiro atoms. The van der Waals surface area contributed by atoms with Gasteiger partial charge in [-0.25, -0.2) is 0 Å². The zero-order chi connectivity index (χ0) is 11.8. The molecular formula is C10H16N4O. The summed E-state index contributed by atoms with van der Waals surface area (Å²) < 4.78 is 0. The Morgan fingerprint density at radius 3 is 2.20 bits per heavy atom. The quantitative estimate of drug-likeness (QED) is 0.654. The van der Waals surface area contributed by atoms with Crippen LogP contribution in [0.4, 0.5) is 0 Å². The molecule has 0 heterocycles. The lowest BCUT2D eigenvalue weighted by molar-refractivity contribution is -0.132. The van der Waals surface area contributed by atoms with E-state index in [1.54, 1.807) is 0 Å². The van der Waals surface area contributed by atoms with E-state index in [0.717, 1.165) is 6.42 Å². The first-order chi connectivity index (χ1) is 7.08. The molecule has 0 aromatic carbocycles. The zero-order valence-corrected chi connectivity index (χ0v) is 9.10. The summed E-state index contributed by atoms with van der Waals surface area (Å²) in [6, 6.07) is 3.06. The summed E-state index contributed by atoms with van der Waals surface area (Å²) in [5.74, 6) is -0.273. The molecule has 0 fully saturated rings. The predicted octanol–water partition coefficient (Wildman–Crippen LogP) is 0.236. The van der Waals surface area contributed by atoms with Crippen molar-refractivity contribution >= 4 is 5.91 Å². The molecule has 0 aliphatic heterocycles. The lowest BCUT2D eigenvalue weighted by Gasteiger charge is -2.23. The van der Waals surface area contributed by atoms with Gasteiger partial charge in [-0.05, 0) is 5.92 Å². The Bertz CT molecular complexity index is 273. The Balaban J connectivity index is 4.50. The Labute approximate surface area is 90.1 Å². The van der Waals surface area contributed by atoms with Crippen LogP contribution >= 0.6 is 0 Å². The van der Waals surface area contributed by atoms with Crippen LogP contribution in [0.25, 0.3) is 0 Å². The summed E-state index contributed by atoms with van der Waals surface area (Å²) in [5.41, 5.74) is 5.72. The first-order valence-corrected chi connectivity index (χ1v) is 4.86. The van der Waals surface area contributed by atoms with E-state index in [-0.39, 0.29) is 24.9 Å². The number of nitrogens with zero attached hydrogens (tertiary/aromatic N) is 3. The fourth-order valence-corrected chi connectivity index (χ4v) is 1.09. The predicted molar refractivity (Wildman–Crippen MR) is 55.2 cm³/mol. The highest BCUT2D eigenvalue weighted by molar-refractivity contribution is 5.82. The number of hydrogen-bond acceptors (Lipinski definition) is 4. The molecule has 0 rings (SSSR count). The SMILES string of the molecule is CCC(C)[C@H](N)C(=O)N(CC#N)CC#N. The smallest absolute Gasteiger partial charge is 0.241 e. The molecule has 0 saturated carbocycles. The molecule has 1 amide bonds. The van der Waals surface area contributed by atoms with E-state index in [4.69, 9.17) is 16.3 Å². The molecule has 5 nitrogen and oxygen atoms in total. The van der Waals surface area contributed by atoms with Gasteiger partial charge in [-0.3, -0.25) is 4.79 Å². The minimum Gasteiger partial charge on any atom is -0.320 e. The van der Waals surface area contributed by atoms with Crippen molar-refractivity contribution in [1.82, 2.24) is 4.90 Å². The number of amides is 1. The fourth-order valence-electron chi connectivity index (χ4n) is 1.09. The second-order valence-electron chi connectivity index (χ2n) is 3.42. The minimum atomic E-state index is -0.628. The van der Waals surface area contributed by atoms with Crippen LogP contribution in [0.3, 0.4) is 0 Å². The fraction of sp³-hybridized carbons (Fsp3) is 0.700. The van der Waals surface area contributed by atoms with Crippen LogP contribution in [0.5, 0.6) is 0 Å². The Morgan fingerprint density at radius 2 is 1.87 bits per heavy atom. The van der Waals surface area contributed by atoms with Crippen molar-refractivity contribution in [3.05, 3.63) is 0 Å². The van der Waals surface area contributed by atoms with Gasteiger partial charge in [0.15, 0.2) is 0 Å². The van der Waals surface area contributed by atoms with Gasteiger partial charge in [0.25, 0.3) is 0 Å². The maximum Gasteiger partial charge on any atom is 0.241 e. The van der Waals surface area contributed by atoms with Crippen molar-refractivity contribution < 1.29 is 4.79 Å². The average Bonchev–Trinajstić information content (AvgIpc) is 2.25. The Morgan fingerprint density at radius 1 is 1.40 bits per heavy atom. The molecule has 0 radical (unpaired) electrons. The van der Waals surface area contributed by atoms with Crippen LogP contribution in [0, 0.1) is 28.6 Å². The van der Waals surface area contributed by atoms with E-state index in [9.17, 15) is 4.79 Å². The second-order valence-corrected chi connectivity index (χ2v) is 3.42. The van der Waals surface area contributed by atoms with Gasteiger partial charge in [-0.2, -0.15) is 10.5 Å². The molecule has 0 aliphatic carbocycles. The second kappa shape index (κ2) is 6.80. The summed E-state index contributed by atoms with van der Waals surface area (Å²) in [7, 11) is 0. The van der Waals surface area contributed by atoms with Crippen molar-refractivity contribution in [2.45, 2.75) is 26.3 Å². The van der Waals surface area contributed by atoms with Gasteiger partial charge in [0, 0.05) is 0 Å². The lowest BCUT2D eigenvalue weighted by atomic mass is 9.99. The highest BCUT2D eigenvalue weighted by Crippen LogP contribution is 2.08. The molecule has 0 bridgehead atoms. The molecule has 2 N–H and O–H groups in total. The average molecular weight is 208 g/mol. The Hall–Kier alpha value is -1.59. The zero-order valence-electron chi connectivity index (χ0n) is 9.10. The molecule has 0 aliphatic rings. The van der Waals surface area contributed by atoms with Crippen molar-refractivity contribution in [3.8, 4) is 12.1 Å².